The van der Waals surface area contributed by atoms with Crippen molar-refractivity contribution in [2.75, 3.05) is 20.3 Å². The Kier molecular flexibility index (Phi) is 4.90. The number of aromatic hydroxyl groups is 1. The Hall–Kier alpha value is -2.60. The van der Waals surface area contributed by atoms with Crippen LogP contribution in [0.2, 0.25) is 0 Å². The molecule has 25 heavy (non-hydrogen) atoms. The van der Waals surface area contributed by atoms with E-state index in [2.05, 4.69) is 0 Å². The summed E-state index contributed by atoms with van der Waals surface area (Å²) < 4.78 is 10.5. The second kappa shape index (κ2) is 7.11. The van der Waals surface area contributed by atoms with E-state index in [4.69, 9.17) is 9.47 Å². The van der Waals surface area contributed by atoms with E-state index in [1.54, 1.807) is 36.1 Å². The number of amides is 1. The van der Waals surface area contributed by atoms with E-state index in [0.717, 1.165) is 12.8 Å². The maximum absolute atomic E-state index is 12.9. The van der Waals surface area contributed by atoms with Crippen molar-refractivity contribution in [1.29, 1.82) is 0 Å². The molecule has 0 aromatic heterocycles. The number of hydrogen-bond acceptors (Lipinski definition) is 5. The summed E-state index contributed by atoms with van der Waals surface area (Å²) in [6.07, 6.45) is 3.47. The molecule has 1 saturated heterocycles. The fourth-order valence-corrected chi connectivity index (χ4v) is 3.22. The molecule has 0 unspecified atom stereocenters. The molecule has 1 atom stereocenters. The summed E-state index contributed by atoms with van der Waals surface area (Å²) in [4.78, 5) is 26.7. The van der Waals surface area contributed by atoms with Crippen LogP contribution >= 0.6 is 0 Å². The molecule has 1 fully saturated rings. The SMILES string of the molecule is COC(=O)C1=C(C)N(C[C@H]2CCCO2)C(=O)/C1=C\c1cccc(O)c1. The van der Waals surface area contributed by atoms with Gasteiger partial charge in [-0.15, -0.1) is 0 Å². The molecule has 1 aromatic carbocycles. The van der Waals surface area contributed by atoms with Gasteiger partial charge in [-0.05, 0) is 43.5 Å². The topological polar surface area (TPSA) is 76.1 Å². The maximum Gasteiger partial charge on any atom is 0.340 e. The number of rotatable bonds is 4. The summed E-state index contributed by atoms with van der Waals surface area (Å²) >= 11 is 0. The van der Waals surface area contributed by atoms with Gasteiger partial charge >= 0.3 is 5.97 Å². The number of allylic oxidation sites excluding steroid dienone is 1. The van der Waals surface area contributed by atoms with Gasteiger partial charge in [-0.1, -0.05) is 12.1 Å². The lowest BCUT2D eigenvalue weighted by molar-refractivity contribution is -0.136. The molecule has 0 aliphatic carbocycles. The average molecular weight is 343 g/mol. The van der Waals surface area contributed by atoms with Crippen LogP contribution in [-0.4, -0.2) is 48.2 Å². The fourth-order valence-electron chi connectivity index (χ4n) is 3.22. The molecule has 3 rings (SSSR count). The zero-order chi connectivity index (χ0) is 18.0. The number of benzene rings is 1. The molecule has 0 saturated carbocycles. The third-order valence-electron chi connectivity index (χ3n) is 4.49. The molecule has 0 spiro atoms. The van der Waals surface area contributed by atoms with E-state index >= 15 is 0 Å². The van der Waals surface area contributed by atoms with E-state index in [1.807, 2.05) is 0 Å². The Morgan fingerprint density at radius 1 is 1.48 bits per heavy atom. The first-order valence-electron chi connectivity index (χ1n) is 8.25. The van der Waals surface area contributed by atoms with E-state index in [0.29, 0.717) is 24.4 Å². The van der Waals surface area contributed by atoms with Crippen LogP contribution < -0.4 is 0 Å². The molecule has 0 radical (unpaired) electrons. The summed E-state index contributed by atoms with van der Waals surface area (Å²) in [5.41, 5.74) is 1.73. The van der Waals surface area contributed by atoms with Gasteiger partial charge in [0, 0.05) is 12.3 Å². The molecule has 0 bridgehead atoms. The Bertz CT molecular complexity index is 759. The second-order valence-electron chi connectivity index (χ2n) is 6.16. The molecular weight excluding hydrogens is 322 g/mol. The first-order valence-corrected chi connectivity index (χ1v) is 8.25. The number of ether oxygens (including phenoxy) is 2. The molecule has 6 nitrogen and oxygen atoms in total. The van der Waals surface area contributed by atoms with Crippen molar-refractivity contribution in [3.63, 3.8) is 0 Å². The van der Waals surface area contributed by atoms with Crippen LogP contribution in [0.5, 0.6) is 5.75 Å². The molecule has 2 heterocycles. The van der Waals surface area contributed by atoms with Crippen LogP contribution in [-0.2, 0) is 19.1 Å². The molecule has 1 N–H and O–H groups in total. The third-order valence-corrected chi connectivity index (χ3v) is 4.49. The standard InChI is InChI=1S/C19H21NO5/c1-12-17(19(23)24-2)16(10-13-5-3-6-14(21)9-13)18(22)20(12)11-15-7-4-8-25-15/h3,5-6,9-10,15,21H,4,7-8,11H2,1-2H3/b16-10-/t15-/m1/s1. The van der Waals surface area contributed by atoms with Gasteiger partial charge in [-0.3, -0.25) is 4.79 Å². The predicted molar refractivity (Wildman–Crippen MR) is 91.5 cm³/mol. The summed E-state index contributed by atoms with van der Waals surface area (Å²) in [7, 11) is 1.29. The number of nitrogens with zero attached hydrogens (tertiary/aromatic N) is 1. The van der Waals surface area contributed by atoms with Crippen molar-refractivity contribution < 1.29 is 24.2 Å². The van der Waals surface area contributed by atoms with Crippen LogP contribution in [0.3, 0.4) is 0 Å². The molecule has 2 aliphatic rings. The van der Waals surface area contributed by atoms with Crippen molar-refractivity contribution in [1.82, 2.24) is 4.90 Å². The Labute approximate surface area is 146 Å². The van der Waals surface area contributed by atoms with E-state index < -0.39 is 5.97 Å². The minimum Gasteiger partial charge on any atom is -0.508 e. The Morgan fingerprint density at radius 3 is 2.92 bits per heavy atom. The lowest BCUT2D eigenvalue weighted by atomic mass is 10.0. The monoisotopic (exact) mass is 343 g/mol. The minimum absolute atomic E-state index is 0.0158. The molecule has 2 aliphatic heterocycles. The predicted octanol–water partition coefficient (Wildman–Crippen LogP) is 2.24. The maximum atomic E-state index is 12.9. The summed E-state index contributed by atoms with van der Waals surface area (Å²) in [5, 5.41) is 9.62. The van der Waals surface area contributed by atoms with Gasteiger partial charge in [0.25, 0.3) is 5.91 Å². The second-order valence-corrected chi connectivity index (χ2v) is 6.16. The first kappa shape index (κ1) is 17.2. The van der Waals surface area contributed by atoms with Crippen molar-refractivity contribution in [3.8, 4) is 5.75 Å². The number of carbonyl (C=O) groups is 2. The number of phenols is 1. The lowest BCUT2D eigenvalue weighted by Crippen LogP contribution is -2.33. The zero-order valence-electron chi connectivity index (χ0n) is 14.3. The van der Waals surface area contributed by atoms with Crippen molar-refractivity contribution in [2.45, 2.75) is 25.9 Å². The van der Waals surface area contributed by atoms with Crippen LogP contribution in [0, 0.1) is 0 Å². The highest BCUT2D eigenvalue weighted by Gasteiger charge is 2.38. The Balaban J connectivity index is 1.98. The highest BCUT2D eigenvalue weighted by molar-refractivity contribution is 6.16. The lowest BCUT2D eigenvalue weighted by Gasteiger charge is -2.21. The quantitative estimate of drug-likeness (QED) is 0.670. The van der Waals surface area contributed by atoms with Crippen molar-refractivity contribution >= 4 is 18.0 Å². The van der Waals surface area contributed by atoms with Crippen LogP contribution in [0.1, 0.15) is 25.3 Å². The van der Waals surface area contributed by atoms with Gasteiger partial charge in [-0.2, -0.15) is 0 Å². The summed E-state index contributed by atoms with van der Waals surface area (Å²) in [5.74, 6) is -0.708. The van der Waals surface area contributed by atoms with Crippen molar-refractivity contribution in [3.05, 3.63) is 46.7 Å². The smallest absolute Gasteiger partial charge is 0.340 e. The molecule has 1 amide bonds. The van der Waals surface area contributed by atoms with Gasteiger partial charge < -0.3 is 19.5 Å². The van der Waals surface area contributed by atoms with Crippen LogP contribution in [0.4, 0.5) is 0 Å². The minimum atomic E-state index is -0.549. The molecular formula is C19H21NO5. The zero-order valence-corrected chi connectivity index (χ0v) is 14.3. The number of esters is 1. The first-order chi connectivity index (χ1) is 12.0. The molecule has 1 aromatic rings. The van der Waals surface area contributed by atoms with E-state index in [1.165, 1.54) is 13.2 Å². The largest absolute Gasteiger partial charge is 0.508 e. The van der Waals surface area contributed by atoms with Crippen molar-refractivity contribution in [2.24, 2.45) is 0 Å². The number of methoxy groups -OCH3 is 1. The van der Waals surface area contributed by atoms with Crippen LogP contribution in [0.15, 0.2) is 41.1 Å². The van der Waals surface area contributed by atoms with Gasteiger partial charge in [0.1, 0.15) is 5.75 Å². The number of hydrogen-bond donors (Lipinski definition) is 1. The summed E-state index contributed by atoms with van der Waals surface area (Å²) in [6, 6.07) is 6.52. The van der Waals surface area contributed by atoms with Gasteiger partial charge in [-0.25, -0.2) is 4.79 Å². The van der Waals surface area contributed by atoms with Gasteiger partial charge in [0.2, 0.25) is 0 Å². The normalized spacial score (nSPS) is 22.2. The fraction of sp³-hybridized carbons (Fsp3) is 0.368. The van der Waals surface area contributed by atoms with E-state index in [9.17, 15) is 14.7 Å². The Morgan fingerprint density at radius 2 is 2.28 bits per heavy atom. The summed E-state index contributed by atoms with van der Waals surface area (Å²) in [6.45, 7) is 2.86. The molecule has 132 valence electrons. The highest BCUT2D eigenvalue weighted by atomic mass is 16.5. The average Bonchev–Trinajstić information content (AvgIpc) is 3.18. The highest BCUT2D eigenvalue weighted by Crippen LogP contribution is 2.33. The van der Waals surface area contributed by atoms with Gasteiger partial charge in [0.15, 0.2) is 0 Å². The van der Waals surface area contributed by atoms with Gasteiger partial charge in [0.05, 0.1) is 30.9 Å². The van der Waals surface area contributed by atoms with Crippen LogP contribution in [0.25, 0.3) is 6.08 Å². The number of phenolic OH excluding ortho intramolecular Hbond substituents is 1. The van der Waals surface area contributed by atoms with E-state index in [-0.39, 0.29) is 28.9 Å². The third kappa shape index (κ3) is 3.44. The number of carbonyl (C=O) groups excluding carboxylic acids is 2. The molecule has 6 heteroatoms.